The smallest absolute Gasteiger partial charge is 0.336 e. The minimum atomic E-state index is -2.79. The van der Waals surface area contributed by atoms with Crippen LogP contribution in [-0.2, 0) is 25.5 Å². The van der Waals surface area contributed by atoms with Crippen molar-refractivity contribution in [3.8, 4) is 11.5 Å². The van der Waals surface area contributed by atoms with Gasteiger partial charge in [0.15, 0.2) is 5.60 Å². The zero-order valence-corrected chi connectivity index (χ0v) is 16.1. The molecule has 0 aliphatic rings. The molecule has 9 nitrogen and oxygen atoms in total. The van der Waals surface area contributed by atoms with Gasteiger partial charge in [-0.05, 0) is 35.4 Å². The van der Waals surface area contributed by atoms with Crippen molar-refractivity contribution < 1.29 is 44.3 Å². The average molecular weight is 418 g/mol. The summed E-state index contributed by atoms with van der Waals surface area (Å²) in [6, 6.07) is 12.9. The molecule has 2 atom stereocenters. The molecule has 0 aliphatic carbocycles. The highest BCUT2D eigenvalue weighted by atomic mass is 16.5. The Labute approximate surface area is 172 Å². The van der Waals surface area contributed by atoms with Crippen molar-refractivity contribution in [2.24, 2.45) is 0 Å². The molecular formula is C21H22O9. The standard InChI is InChI=1S/C21H22O9/c1-29-16-8-2-13(3-9-16)10-17(14-4-6-15(22)7-5-14)30-19(25)12-21(28,20(26)27)11-18(23)24/h2-9,17,22,28H,10-12H2,1H3,(H,23,24)(H,26,27). The van der Waals surface area contributed by atoms with Crippen LogP contribution in [0.2, 0.25) is 0 Å². The summed E-state index contributed by atoms with van der Waals surface area (Å²) in [5, 5.41) is 37.5. The van der Waals surface area contributed by atoms with Crippen molar-refractivity contribution in [1.82, 2.24) is 0 Å². The van der Waals surface area contributed by atoms with Gasteiger partial charge in [-0.15, -0.1) is 0 Å². The molecule has 0 bridgehead atoms. The van der Waals surface area contributed by atoms with Gasteiger partial charge < -0.3 is 29.9 Å². The molecule has 0 fully saturated rings. The number of carbonyl (C=O) groups is 3. The number of carboxylic acid groups (broad SMARTS) is 2. The first-order chi connectivity index (χ1) is 14.1. The Kier molecular flexibility index (Phi) is 7.38. The van der Waals surface area contributed by atoms with E-state index < -0.39 is 42.5 Å². The topological polar surface area (TPSA) is 151 Å². The van der Waals surface area contributed by atoms with Crippen LogP contribution >= 0.6 is 0 Å². The number of ether oxygens (including phenoxy) is 2. The fourth-order valence-corrected chi connectivity index (χ4v) is 2.80. The number of esters is 1. The van der Waals surface area contributed by atoms with Gasteiger partial charge in [-0.25, -0.2) is 4.79 Å². The third-order valence-electron chi connectivity index (χ3n) is 4.40. The second kappa shape index (κ2) is 9.75. The molecule has 0 amide bonds. The summed E-state index contributed by atoms with van der Waals surface area (Å²) in [6.07, 6.45) is -2.84. The zero-order chi connectivity index (χ0) is 22.3. The van der Waals surface area contributed by atoms with Crippen LogP contribution in [-0.4, -0.2) is 51.0 Å². The molecule has 4 N–H and O–H groups in total. The molecule has 2 aromatic rings. The van der Waals surface area contributed by atoms with E-state index in [1.807, 2.05) is 0 Å². The van der Waals surface area contributed by atoms with Gasteiger partial charge in [0.25, 0.3) is 0 Å². The van der Waals surface area contributed by atoms with Gasteiger partial charge in [0.05, 0.1) is 20.0 Å². The molecule has 160 valence electrons. The summed E-state index contributed by atoms with van der Waals surface area (Å²) < 4.78 is 10.5. The predicted octanol–water partition coefficient (Wildman–Crippen LogP) is 1.91. The SMILES string of the molecule is COc1ccc(CC(OC(=O)CC(O)(CC(=O)O)C(=O)O)c2ccc(O)cc2)cc1. The number of methoxy groups -OCH3 is 1. The largest absolute Gasteiger partial charge is 0.508 e. The molecule has 2 aromatic carbocycles. The first-order valence-corrected chi connectivity index (χ1v) is 8.92. The van der Waals surface area contributed by atoms with Crippen molar-refractivity contribution >= 4 is 17.9 Å². The Morgan fingerprint density at radius 2 is 1.57 bits per heavy atom. The molecule has 0 radical (unpaired) electrons. The normalized spacial score (nSPS) is 13.7. The van der Waals surface area contributed by atoms with Crippen molar-refractivity contribution in [2.45, 2.75) is 31.0 Å². The maximum atomic E-state index is 12.4. The number of benzene rings is 2. The van der Waals surface area contributed by atoms with Gasteiger partial charge in [-0.3, -0.25) is 9.59 Å². The second-order valence-corrected chi connectivity index (χ2v) is 6.71. The van der Waals surface area contributed by atoms with Crippen LogP contribution < -0.4 is 4.74 Å². The third kappa shape index (κ3) is 6.21. The van der Waals surface area contributed by atoms with Crippen LogP contribution in [0.15, 0.2) is 48.5 Å². The number of aromatic hydroxyl groups is 1. The van der Waals surface area contributed by atoms with E-state index in [1.165, 1.54) is 31.4 Å². The zero-order valence-electron chi connectivity index (χ0n) is 16.1. The van der Waals surface area contributed by atoms with Crippen LogP contribution in [0.25, 0.3) is 0 Å². The number of aliphatic carboxylic acids is 2. The first-order valence-electron chi connectivity index (χ1n) is 8.92. The Morgan fingerprint density at radius 1 is 0.967 bits per heavy atom. The van der Waals surface area contributed by atoms with Gasteiger partial charge >= 0.3 is 17.9 Å². The summed E-state index contributed by atoms with van der Waals surface area (Å²) in [5.41, 5.74) is -1.49. The number of carbonyl (C=O) groups excluding carboxylic acids is 1. The molecule has 0 saturated carbocycles. The molecule has 0 heterocycles. The van der Waals surface area contributed by atoms with E-state index >= 15 is 0 Å². The van der Waals surface area contributed by atoms with E-state index in [0.29, 0.717) is 11.3 Å². The number of hydrogen-bond donors (Lipinski definition) is 4. The van der Waals surface area contributed by atoms with E-state index in [4.69, 9.17) is 19.7 Å². The monoisotopic (exact) mass is 418 g/mol. The number of phenolic OH excluding ortho intramolecular Hbond substituents is 1. The van der Waals surface area contributed by atoms with Crippen molar-refractivity contribution in [2.75, 3.05) is 7.11 Å². The summed E-state index contributed by atoms with van der Waals surface area (Å²) in [5.74, 6) is -3.83. The van der Waals surface area contributed by atoms with Crippen molar-refractivity contribution in [3.63, 3.8) is 0 Å². The number of carboxylic acids is 2. The van der Waals surface area contributed by atoms with E-state index in [1.54, 1.807) is 24.3 Å². The van der Waals surface area contributed by atoms with Crippen LogP contribution in [0.1, 0.15) is 30.1 Å². The summed E-state index contributed by atoms with van der Waals surface area (Å²) >= 11 is 0. The first kappa shape index (κ1) is 22.7. The van der Waals surface area contributed by atoms with Gasteiger partial charge in [0, 0.05) is 6.42 Å². The molecule has 9 heteroatoms. The average Bonchev–Trinajstić information content (AvgIpc) is 2.67. The van der Waals surface area contributed by atoms with Crippen LogP contribution in [0, 0.1) is 0 Å². The molecule has 30 heavy (non-hydrogen) atoms. The highest BCUT2D eigenvalue weighted by Crippen LogP contribution is 2.27. The quantitative estimate of drug-likeness (QED) is 0.424. The van der Waals surface area contributed by atoms with Crippen LogP contribution in [0.4, 0.5) is 0 Å². The fourth-order valence-electron chi connectivity index (χ4n) is 2.80. The van der Waals surface area contributed by atoms with E-state index in [-0.39, 0.29) is 12.2 Å². The van der Waals surface area contributed by atoms with Gasteiger partial charge in [0.2, 0.25) is 0 Å². The van der Waals surface area contributed by atoms with Gasteiger partial charge in [-0.2, -0.15) is 0 Å². The highest BCUT2D eigenvalue weighted by Gasteiger charge is 2.42. The van der Waals surface area contributed by atoms with Crippen LogP contribution in [0.3, 0.4) is 0 Å². The highest BCUT2D eigenvalue weighted by molar-refractivity contribution is 5.88. The maximum Gasteiger partial charge on any atom is 0.336 e. The molecule has 2 rings (SSSR count). The summed E-state index contributed by atoms with van der Waals surface area (Å²) in [4.78, 5) is 34.5. The van der Waals surface area contributed by atoms with Crippen LogP contribution in [0.5, 0.6) is 11.5 Å². The lowest BCUT2D eigenvalue weighted by atomic mass is 9.95. The van der Waals surface area contributed by atoms with Gasteiger partial charge in [-0.1, -0.05) is 24.3 Å². The Bertz CT molecular complexity index is 890. The Balaban J connectivity index is 2.23. The van der Waals surface area contributed by atoms with Crippen molar-refractivity contribution in [3.05, 3.63) is 59.7 Å². The van der Waals surface area contributed by atoms with E-state index in [9.17, 15) is 24.6 Å². The number of aliphatic hydroxyl groups is 1. The lowest BCUT2D eigenvalue weighted by Crippen LogP contribution is -2.43. The van der Waals surface area contributed by atoms with Crippen molar-refractivity contribution in [1.29, 1.82) is 0 Å². The molecule has 0 saturated heterocycles. The summed E-state index contributed by atoms with van der Waals surface area (Å²) in [7, 11) is 1.52. The maximum absolute atomic E-state index is 12.4. The van der Waals surface area contributed by atoms with E-state index in [2.05, 4.69) is 0 Å². The number of hydrogen-bond acceptors (Lipinski definition) is 7. The predicted molar refractivity (Wildman–Crippen MR) is 103 cm³/mol. The molecular weight excluding hydrogens is 396 g/mol. The van der Waals surface area contributed by atoms with E-state index in [0.717, 1.165) is 5.56 Å². The Morgan fingerprint density at radius 3 is 2.07 bits per heavy atom. The number of phenols is 1. The lowest BCUT2D eigenvalue weighted by Gasteiger charge is -2.23. The fraction of sp³-hybridized carbons (Fsp3) is 0.286. The molecule has 0 aromatic heterocycles. The molecule has 0 spiro atoms. The third-order valence-corrected chi connectivity index (χ3v) is 4.40. The minimum Gasteiger partial charge on any atom is -0.508 e. The Hall–Kier alpha value is -3.59. The summed E-state index contributed by atoms with van der Waals surface area (Å²) in [6.45, 7) is 0. The molecule has 2 unspecified atom stereocenters. The lowest BCUT2D eigenvalue weighted by molar-refractivity contribution is -0.173. The molecule has 0 aliphatic heterocycles. The minimum absolute atomic E-state index is 0.00924. The van der Waals surface area contributed by atoms with Gasteiger partial charge in [0.1, 0.15) is 17.6 Å². The second-order valence-electron chi connectivity index (χ2n) is 6.71. The number of rotatable bonds is 10.